The van der Waals surface area contributed by atoms with Crippen LogP contribution in [0.5, 0.6) is 17.2 Å². The molecule has 19 heavy (non-hydrogen) atoms. The largest absolute Gasteiger partial charge is 0.496 e. The van der Waals surface area contributed by atoms with Crippen molar-refractivity contribution in [1.29, 1.82) is 0 Å². The molecule has 1 aromatic carbocycles. The molecule has 0 bridgehead atoms. The van der Waals surface area contributed by atoms with Crippen LogP contribution in [0.1, 0.15) is 15.8 Å². The molecule has 0 saturated carbocycles. The smallest absolute Gasteiger partial charge is 0.161 e. The lowest BCUT2D eigenvalue weighted by Gasteiger charge is -2.20. The molecule has 0 spiro atoms. The normalized spacial score (nSPS) is 15.1. The summed E-state index contributed by atoms with van der Waals surface area (Å²) in [5.74, 6) is 2.35. The van der Waals surface area contributed by atoms with Gasteiger partial charge in [0.2, 0.25) is 0 Å². The number of halogens is 1. The van der Waals surface area contributed by atoms with Crippen molar-refractivity contribution in [1.82, 2.24) is 0 Å². The highest BCUT2D eigenvalue weighted by Gasteiger charge is 2.20. The van der Waals surface area contributed by atoms with E-state index < -0.39 is 0 Å². The predicted octanol–water partition coefficient (Wildman–Crippen LogP) is 3.86. The van der Waals surface area contributed by atoms with Crippen LogP contribution in [-0.2, 0) is 0 Å². The molecule has 1 unspecified atom stereocenters. The maximum atomic E-state index is 6.53. The molecule has 0 aliphatic carbocycles. The molecular weight excluding hydrogens is 284 g/mol. The lowest BCUT2D eigenvalue weighted by molar-refractivity contribution is 0.171. The highest BCUT2D eigenvalue weighted by molar-refractivity contribution is 7.10. The van der Waals surface area contributed by atoms with Crippen LogP contribution >= 0.6 is 22.9 Å². The Morgan fingerprint density at radius 3 is 2.79 bits per heavy atom. The molecule has 0 N–H and O–H groups in total. The van der Waals surface area contributed by atoms with Gasteiger partial charge in [0.25, 0.3) is 0 Å². The number of alkyl halides is 1. The van der Waals surface area contributed by atoms with E-state index in [-0.39, 0.29) is 5.38 Å². The van der Waals surface area contributed by atoms with Crippen LogP contribution in [0.2, 0.25) is 0 Å². The highest BCUT2D eigenvalue weighted by atomic mass is 35.5. The van der Waals surface area contributed by atoms with Crippen molar-refractivity contribution in [2.75, 3.05) is 20.3 Å². The maximum absolute atomic E-state index is 6.53. The summed E-state index contributed by atoms with van der Waals surface area (Å²) in [5.41, 5.74) is 0.978. The lowest BCUT2D eigenvalue weighted by Crippen LogP contribution is -2.15. The van der Waals surface area contributed by atoms with E-state index in [0.29, 0.717) is 13.2 Å². The molecule has 100 valence electrons. The summed E-state index contributed by atoms with van der Waals surface area (Å²) in [5, 5.41) is 1.73. The second kappa shape index (κ2) is 5.31. The summed E-state index contributed by atoms with van der Waals surface area (Å²) in [6, 6.07) is 7.72. The van der Waals surface area contributed by atoms with Gasteiger partial charge in [0.05, 0.1) is 17.4 Å². The van der Waals surface area contributed by atoms with Crippen molar-refractivity contribution in [3.05, 3.63) is 40.1 Å². The Balaban J connectivity index is 1.93. The summed E-state index contributed by atoms with van der Waals surface area (Å²) in [6.07, 6.45) is 0. The zero-order valence-corrected chi connectivity index (χ0v) is 12.0. The molecule has 1 aliphatic heterocycles. The van der Waals surface area contributed by atoms with Crippen LogP contribution in [0.4, 0.5) is 0 Å². The first kappa shape index (κ1) is 12.6. The van der Waals surface area contributed by atoms with Gasteiger partial charge < -0.3 is 14.2 Å². The second-order valence-electron chi connectivity index (χ2n) is 4.12. The van der Waals surface area contributed by atoms with Crippen LogP contribution in [0.15, 0.2) is 29.6 Å². The van der Waals surface area contributed by atoms with Crippen LogP contribution in [0, 0.1) is 0 Å². The zero-order valence-electron chi connectivity index (χ0n) is 10.4. The minimum Gasteiger partial charge on any atom is -0.496 e. The summed E-state index contributed by atoms with van der Waals surface area (Å²) in [7, 11) is 1.65. The number of hydrogen-bond acceptors (Lipinski definition) is 4. The fourth-order valence-corrected chi connectivity index (χ4v) is 3.29. The Morgan fingerprint density at radius 1 is 1.21 bits per heavy atom. The Bertz CT molecular complexity index is 582. The van der Waals surface area contributed by atoms with Gasteiger partial charge in [-0.25, -0.2) is 0 Å². The standard InChI is InChI=1S/C14H13ClO3S/c1-16-11-4-7-19-14(11)13(15)9-2-3-10-12(8-9)18-6-5-17-10/h2-4,7-8,13H,5-6H2,1H3. The summed E-state index contributed by atoms with van der Waals surface area (Å²) < 4.78 is 16.4. The van der Waals surface area contributed by atoms with E-state index in [1.807, 2.05) is 29.6 Å². The van der Waals surface area contributed by atoms with Gasteiger partial charge in [0.15, 0.2) is 11.5 Å². The first-order chi connectivity index (χ1) is 9.29. The fourth-order valence-electron chi connectivity index (χ4n) is 2.03. The molecule has 0 radical (unpaired) electrons. The molecule has 0 amide bonds. The average Bonchev–Trinajstić information content (AvgIpc) is 2.94. The quantitative estimate of drug-likeness (QED) is 0.805. The van der Waals surface area contributed by atoms with E-state index in [1.165, 1.54) is 0 Å². The molecule has 2 aromatic rings. The maximum Gasteiger partial charge on any atom is 0.161 e. The van der Waals surface area contributed by atoms with Gasteiger partial charge in [-0.05, 0) is 29.1 Å². The number of ether oxygens (including phenoxy) is 3. The molecule has 0 fully saturated rings. The molecule has 3 rings (SSSR count). The SMILES string of the molecule is COc1ccsc1C(Cl)c1ccc2c(c1)OCCO2. The Hall–Kier alpha value is -1.39. The average molecular weight is 297 g/mol. The van der Waals surface area contributed by atoms with Crippen LogP contribution in [-0.4, -0.2) is 20.3 Å². The summed E-state index contributed by atoms with van der Waals surface area (Å²) in [4.78, 5) is 1.00. The second-order valence-corrected chi connectivity index (χ2v) is 5.50. The Morgan fingerprint density at radius 2 is 2.00 bits per heavy atom. The van der Waals surface area contributed by atoms with Gasteiger partial charge in [-0.1, -0.05) is 6.07 Å². The van der Waals surface area contributed by atoms with Crippen LogP contribution < -0.4 is 14.2 Å². The topological polar surface area (TPSA) is 27.7 Å². The molecular formula is C14H13ClO3S. The monoisotopic (exact) mass is 296 g/mol. The molecule has 1 aromatic heterocycles. The highest BCUT2D eigenvalue weighted by Crippen LogP contribution is 2.41. The van der Waals surface area contributed by atoms with Crippen molar-refractivity contribution in [2.45, 2.75) is 5.38 Å². The van der Waals surface area contributed by atoms with Gasteiger partial charge in [0, 0.05) is 0 Å². The van der Waals surface area contributed by atoms with Gasteiger partial charge in [0.1, 0.15) is 19.0 Å². The van der Waals surface area contributed by atoms with Gasteiger partial charge in [-0.3, -0.25) is 0 Å². The molecule has 1 aliphatic rings. The number of thiophene rings is 1. The van der Waals surface area contributed by atoms with E-state index in [2.05, 4.69) is 0 Å². The summed E-state index contributed by atoms with van der Waals surface area (Å²) >= 11 is 8.12. The van der Waals surface area contributed by atoms with Crippen molar-refractivity contribution >= 4 is 22.9 Å². The van der Waals surface area contributed by atoms with E-state index >= 15 is 0 Å². The molecule has 0 saturated heterocycles. The number of hydrogen-bond donors (Lipinski definition) is 0. The van der Waals surface area contributed by atoms with Crippen molar-refractivity contribution in [3.63, 3.8) is 0 Å². The van der Waals surface area contributed by atoms with E-state index in [4.69, 9.17) is 25.8 Å². The number of benzene rings is 1. The van der Waals surface area contributed by atoms with E-state index in [0.717, 1.165) is 27.7 Å². The van der Waals surface area contributed by atoms with Gasteiger partial charge >= 0.3 is 0 Å². The number of methoxy groups -OCH3 is 1. The van der Waals surface area contributed by atoms with Crippen molar-refractivity contribution in [3.8, 4) is 17.2 Å². The fraction of sp³-hybridized carbons (Fsp3) is 0.286. The minimum absolute atomic E-state index is 0.245. The van der Waals surface area contributed by atoms with Gasteiger partial charge in [-0.2, -0.15) is 0 Å². The molecule has 2 heterocycles. The molecule has 1 atom stereocenters. The Kier molecular flexibility index (Phi) is 3.53. The zero-order chi connectivity index (χ0) is 13.2. The minimum atomic E-state index is -0.245. The predicted molar refractivity (Wildman–Crippen MR) is 76.0 cm³/mol. The van der Waals surface area contributed by atoms with Crippen LogP contribution in [0.25, 0.3) is 0 Å². The first-order valence-corrected chi connectivity index (χ1v) is 7.26. The summed E-state index contributed by atoms with van der Waals surface area (Å²) in [6.45, 7) is 1.17. The van der Waals surface area contributed by atoms with E-state index in [9.17, 15) is 0 Å². The lowest BCUT2D eigenvalue weighted by atomic mass is 10.1. The number of fused-ring (bicyclic) bond motifs is 1. The third-order valence-corrected chi connectivity index (χ3v) is 4.53. The van der Waals surface area contributed by atoms with E-state index in [1.54, 1.807) is 18.4 Å². The van der Waals surface area contributed by atoms with Crippen LogP contribution in [0.3, 0.4) is 0 Å². The third kappa shape index (κ3) is 2.38. The third-order valence-electron chi connectivity index (χ3n) is 2.97. The Labute approximate surface area is 120 Å². The molecule has 3 nitrogen and oxygen atoms in total. The first-order valence-electron chi connectivity index (χ1n) is 5.94. The van der Waals surface area contributed by atoms with Crippen molar-refractivity contribution in [2.24, 2.45) is 0 Å². The molecule has 5 heteroatoms. The number of rotatable bonds is 3. The van der Waals surface area contributed by atoms with Gasteiger partial charge in [-0.15, -0.1) is 22.9 Å². The van der Waals surface area contributed by atoms with Crippen molar-refractivity contribution < 1.29 is 14.2 Å².